The molecule has 21 heavy (non-hydrogen) atoms. The van der Waals surface area contributed by atoms with Gasteiger partial charge in [-0.2, -0.15) is 0 Å². The first-order chi connectivity index (χ1) is 10.1. The topological polar surface area (TPSA) is 34.1 Å². The Morgan fingerprint density at radius 2 is 2.00 bits per heavy atom. The Labute approximate surface area is 130 Å². The van der Waals surface area contributed by atoms with Gasteiger partial charge in [0.05, 0.1) is 10.7 Å². The van der Waals surface area contributed by atoms with E-state index in [0.29, 0.717) is 23.5 Å². The zero-order chi connectivity index (χ0) is 14.8. The van der Waals surface area contributed by atoms with E-state index < -0.39 is 0 Å². The highest BCUT2D eigenvalue weighted by atomic mass is 35.5. The van der Waals surface area contributed by atoms with Crippen molar-refractivity contribution < 1.29 is 4.74 Å². The van der Waals surface area contributed by atoms with Crippen LogP contribution >= 0.6 is 11.6 Å². The number of benzene rings is 1. The fourth-order valence-electron chi connectivity index (χ4n) is 2.07. The van der Waals surface area contributed by atoms with Gasteiger partial charge >= 0.3 is 0 Å². The van der Waals surface area contributed by atoms with Crippen molar-refractivity contribution >= 4 is 11.6 Å². The zero-order valence-electron chi connectivity index (χ0n) is 12.3. The third kappa shape index (κ3) is 3.74. The van der Waals surface area contributed by atoms with E-state index in [4.69, 9.17) is 16.3 Å². The van der Waals surface area contributed by atoms with Gasteiger partial charge in [-0.1, -0.05) is 17.7 Å². The number of hydrogen-bond donors (Lipinski definition) is 1. The molecule has 0 aliphatic heterocycles. The first kappa shape index (κ1) is 14.4. The largest absolute Gasteiger partial charge is 0.439 e. The fraction of sp³-hybridized carbons (Fsp3) is 0.353. The molecular formula is C17H19ClN2O. The number of ether oxygens (including phenoxy) is 1. The van der Waals surface area contributed by atoms with Crippen LogP contribution in [-0.2, 0) is 6.54 Å². The average Bonchev–Trinajstić information content (AvgIpc) is 3.28. The van der Waals surface area contributed by atoms with Gasteiger partial charge in [0.1, 0.15) is 5.75 Å². The van der Waals surface area contributed by atoms with Crippen LogP contribution in [0, 0.1) is 13.8 Å². The maximum Gasteiger partial charge on any atom is 0.219 e. The van der Waals surface area contributed by atoms with E-state index >= 15 is 0 Å². The van der Waals surface area contributed by atoms with Crippen LogP contribution in [0.15, 0.2) is 30.3 Å². The molecule has 1 aromatic carbocycles. The number of aromatic nitrogens is 1. The van der Waals surface area contributed by atoms with Gasteiger partial charge in [0, 0.05) is 18.7 Å². The van der Waals surface area contributed by atoms with Crippen LogP contribution in [0.2, 0.25) is 5.02 Å². The van der Waals surface area contributed by atoms with E-state index in [1.54, 1.807) is 6.07 Å². The molecule has 1 fully saturated rings. The Morgan fingerprint density at radius 1 is 1.19 bits per heavy atom. The van der Waals surface area contributed by atoms with Crippen LogP contribution in [-0.4, -0.2) is 11.0 Å². The highest BCUT2D eigenvalue weighted by Gasteiger charge is 2.20. The van der Waals surface area contributed by atoms with E-state index in [1.165, 1.54) is 24.0 Å². The lowest BCUT2D eigenvalue weighted by atomic mass is 10.1. The molecule has 2 aromatic rings. The van der Waals surface area contributed by atoms with Crippen LogP contribution in [0.3, 0.4) is 0 Å². The molecule has 0 amide bonds. The van der Waals surface area contributed by atoms with Gasteiger partial charge in [0.15, 0.2) is 0 Å². The lowest BCUT2D eigenvalue weighted by molar-refractivity contribution is 0.459. The fourth-order valence-corrected chi connectivity index (χ4v) is 2.24. The summed E-state index contributed by atoms with van der Waals surface area (Å²) in [6, 6.07) is 10.3. The molecule has 0 unspecified atom stereocenters. The van der Waals surface area contributed by atoms with Crippen molar-refractivity contribution in [3.05, 3.63) is 52.2 Å². The Hall–Kier alpha value is -1.58. The number of pyridine rings is 1. The highest BCUT2D eigenvalue weighted by Crippen LogP contribution is 2.26. The molecule has 1 saturated carbocycles. The van der Waals surface area contributed by atoms with Gasteiger partial charge in [0.25, 0.3) is 0 Å². The lowest BCUT2D eigenvalue weighted by Crippen LogP contribution is -2.16. The molecule has 0 radical (unpaired) electrons. The third-order valence-corrected chi connectivity index (χ3v) is 4.07. The standard InChI is InChI=1S/C17H19ClN2O/c1-11-3-6-14(9-12(11)2)21-17-8-7-15(18)16(20-17)10-19-13-4-5-13/h3,6-9,13,19H,4-5,10H2,1-2H3. The normalized spacial score (nSPS) is 14.2. The maximum atomic E-state index is 6.19. The summed E-state index contributed by atoms with van der Waals surface area (Å²) in [6.45, 7) is 4.84. The summed E-state index contributed by atoms with van der Waals surface area (Å²) in [5, 5.41) is 4.10. The molecule has 0 saturated heterocycles. The molecule has 1 heterocycles. The summed E-state index contributed by atoms with van der Waals surface area (Å²) in [5.74, 6) is 1.38. The molecule has 3 nitrogen and oxygen atoms in total. The van der Waals surface area contributed by atoms with Gasteiger partial charge < -0.3 is 10.1 Å². The lowest BCUT2D eigenvalue weighted by Gasteiger charge is -2.10. The van der Waals surface area contributed by atoms with Crippen LogP contribution in [0.4, 0.5) is 0 Å². The highest BCUT2D eigenvalue weighted by molar-refractivity contribution is 6.31. The summed E-state index contributed by atoms with van der Waals surface area (Å²) in [7, 11) is 0. The van der Waals surface area contributed by atoms with Crippen molar-refractivity contribution in [3.63, 3.8) is 0 Å². The van der Waals surface area contributed by atoms with Crippen molar-refractivity contribution in [1.82, 2.24) is 10.3 Å². The summed E-state index contributed by atoms with van der Waals surface area (Å²) in [6.07, 6.45) is 2.49. The number of nitrogens with one attached hydrogen (secondary N) is 1. The number of aryl methyl sites for hydroxylation is 2. The first-order valence-corrected chi connectivity index (χ1v) is 7.63. The van der Waals surface area contributed by atoms with Crippen LogP contribution in [0.5, 0.6) is 11.6 Å². The van der Waals surface area contributed by atoms with Gasteiger partial charge in [-0.15, -0.1) is 0 Å². The average molecular weight is 303 g/mol. The summed E-state index contributed by atoms with van der Waals surface area (Å²) < 4.78 is 5.83. The summed E-state index contributed by atoms with van der Waals surface area (Å²) >= 11 is 6.19. The number of halogens is 1. The summed E-state index contributed by atoms with van der Waals surface area (Å²) in [5.41, 5.74) is 3.29. The second-order valence-electron chi connectivity index (χ2n) is 5.58. The molecule has 0 atom stereocenters. The van der Waals surface area contributed by atoms with Crippen molar-refractivity contribution in [1.29, 1.82) is 0 Å². The van der Waals surface area contributed by atoms with E-state index in [2.05, 4.69) is 30.2 Å². The minimum Gasteiger partial charge on any atom is -0.439 e. The summed E-state index contributed by atoms with van der Waals surface area (Å²) in [4.78, 5) is 4.50. The van der Waals surface area contributed by atoms with Gasteiger partial charge in [-0.05, 0) is 56.0 Å². The Bertz CT molecular complexity index is 653. The second-order valence-corrected chi connectivity index (χ2v) is 5.99. The molecule has 1 N–H and O–H groups in total. The molecule has 0 bridgehead atoms. The number of hydrogen-bond acceptors (Lipinski definition) is 3. The van der Waals surface area contributed by atoms with Crippen molar-refractivity contribution in [2.75, 3.05) is 0 Å². The minimum atomic E-state index is 0.579. The molecular weight excluding hydrogens is 284 g/mol. The minimum absolute atomic E-state index is 0.579. The van der Waals surface area contributed by atoms with Crippen LogP contribution < -0.4 is 10.1 Å². The van der Waals surface area contributed by atoms with E-state index in [-0.39, 0.29) is 0 Å². The molecule has 1 aromatic heterocycles. The molecule has 3 rings (SSSR count). The molecule has 1 aliphatic carbocycles. The first-order valence-electron chi connectivity index (χ1n) is 7.26. The van der Waals surface area contributed by atoms with Crippen molar-refractivity contribution in [2.24, 2.45) is 0 Å². The van der Waals surface area contributed by atoms with E-state index in [1.807, 2.05) is 18.2 Å². The molecule has 110 valence electrons. The number of nitrogens with zero attached hydrogens (tertiary/aromatic N) is 1. The smallest absolute Gasteiger partial charge is 0.219 e. The van der Waals surface area contributed by atoms with Gasteiger partial charge in [0.2, 0.25) is 5.88 Å². The Kier molecular flexibility index (Phi) is 4.13. The SMILES string of the molecule is Cc1ccc(Oc2ccc(Cl)c(CNC3CC3)n2)cc1C. The predicted molar refractivity (Wildman–Crippen MR) is 85.1 cm³/mol. The van der Waals surface area contributed by atoms with Gasteiger partial charge in [-0.25, -0.2) is 4.98 Å². The monoisotopic (exact) mass is 302 g/mol. The zero-order valence-corrected chi connectivity index (χ0v) is 13.1. The Morgan fingerprint density at radius 3 is 2.71 bits per heavy atom. The van der Waals surface area contributed by atoms with Crippen molar-refractivity contribution in [3.8, 4) is 11.6 Å². The van der Waals surface area contributed by atoms with Crippen molar-refractivity contribution in [2.45, 2.75) is 39.3 Å². The van der Waals surface area contributed by atoms with Gasteiger partial charge in [-0.3, -0.25) is 0 Å². The van der Waals surface area contributed by atoms with Crippen LogP contribution in [0.1, 0.15) is 29.7 Å². The maximum absolute atomic E-state index is 6.19. The third-order valence-electron chi connectivity index (χ3n) is 3.73. The molecule has 0 spiro atoms. The quantitative estimate of drug-likeness (QED) is 0.889. The molecule has 1 aliphatic rings. The Balaban J connectivity index is 1.74. The van der Waals surface area contributed by atoms with E-state index in [9.17, 15) is 0 Å². The number of rotatable bonds is 5. The van der Waals surface area contributed by atoms with E-state index in [0.717, 1.165) is 11.4 Å². The predicted octanol–water partition coefficient (Wildman–Crippen LogP) is 4.40. The molecule has 4 heteroatoms. The van der Waals surface area contributed by atoms with Crippen LogP contribution in [0.25, 0.3) is 0 Å². The second kappa shape index (κ2) is 6.04.